The summed E-state index contributed by atoms with van der Waals surface area (Å²) in [4.78, 5) is 39.6. The molecule has 1 aromatic rings. The first-order valence-electron chi connectivity index (χ1n) is 12.4. The Morgan fingerprint density at radius 2 is 1.74 bits per heavy atom. The van der Waals surface area contributed by atoms with Gasteiger partial charge in [0.05, 0.1) is 17.4 Å². The summed E-state index contributed by atoms with van der Waals surface area (Å²) >= 11 is 5.38. The van der Waals surface area contributed by atoms with E-state index in [1.807, 2.05) is 0 Å². The van der Waals surface area contributed by atoms with Crippen LogP contribution in [0.15, 0.2) is 42.5 Å². The van der Waals surface area contributed by atoms with E-state index in [9.17, 15) is 29.7 Å². The summed E-state index contributed by atoms with van der Waals surface area (Å²) in [6.45, 7) is 6.88. The highest BCUT2D eigenvalue weighted by Gasteiger charge is 3.05. The Kier molecular flexibility index (Phi) is 4.69. The molecule has 0 amide bonds. The second-order valence-corrected chi connectivity index (χ2v) is 11.4. The fourth-order valence-corrected chi connectivity index (χ4v) is 8.77. The van der Waals surface area contributed by atoms with Crippen molar-refractivity contribution in [2.75, 3.05) is 0 Å². The van der Waals surface area contributed by atoms with Gasteiger partial charge in [0.1, 0.15) is 17.3 Å². The molecule has 1 aromatic carbocycles. The monoisotopic (exact) mass is 560 g/mol. The van der Waals surface area contributed by atoms with E-state index in [4.69, 9.17) is 40.6 Å². The highest BCUT2D eigenvalue weighted by Crippen LogP contribution is 2.84. The second-order valence-electron chi connectivity index (χ2n) is 11.0. The lowest BCUT2D eigenvalue weighted by atomic mass is 9.53. The Hall–Kier alpha value is -3.10. The number of thiocarbonyl (C=S) groups is 1. The standard InChI is InChI=1S/C26H24O12S/c1-9(2)12-13(27)15-24-16(36-22(39)33-11-7-5-4-6-8-11)17-25(32,10(3)18(29)34-17)26(24,20(31)35-15)38-21-23(12,24)14(28)19(30)37-21/h4-8,10,12-17,21,27-28,32H,1H2,2-3H3/t10-,12-,13-,14+,15?,16+,17?,21?,23?,24?,25-,26?/m1/s1. The minimum atomic E-state index is -2.47. The van der Waals surface area contributed by atoms with Crippen LogP contribution in [0.1, 0.15) is 13.8 Å². The minimum absolute atomic E-state index is 0.302. The number of benzene rings is 1. The number of aliphatic hydroxyl groups is 3. The molecule has 2 spiro atoms. The topological polar surface area (TPSA) is 167 Å². The Bertz CT molecular complexity index is 1370. The van der Waals surface area contributed by atoms with E-state index in [0.29, 0.717) is 11.3 Å². The summed E-state index contributed by atoms with van der Waals surface area (Å²) in [5.41, 5.74) is -8.58. The zero-order valence-corrected chi connectivity index (χ0v) is 21.5. The van der Waals surface area contributed by atoms with Crippen molar-refractivity contribution in [3.8, 4) is 5.75 Å². The van der Waals surface area contributed by atoms with Crippen LogP contribution in [-0.2, 0) is 38.1 Å². The average Bonchev–Trinajstić information content (AvgIpc) is 3.58. The Morgan fingerprint density at radius 3 is 2.41 bits per heavy atom. The van der Waals surface area contributed by atoms with Crippen LogP contribution in [0.5, 0.6) is 5.75 Å². The molecule has 12 atom stereocenters. The van der Waals surface area contributed by atoms with E-state index in [2.05, 4.69) is 6.58 Å². The van der Waals surface area contributed by atoms with Crippen molar-refractivity contribution < 1.29 is 58.1 Å². The molecular formula is C26H24O12S. The lowest BCUT2D eigenvalue weighted by Gasteiger charge is -2.45. The molecule has 2 aliphatic carbocycles. The van der Waals surface area contributed by atoms with Crippen LogP contribution in [0.2, 0.25) is 0 Å². The van der Waals surface area contributed by atoms with Gasteiger partial charge in [0.25, 0.3) is 0 Å². The van der Waals surface area contributed by atoms with Gasteiger partial charge >= 0.3 is 23.1 Å². The van der Waals surface area contributed by atoms with Gasteiger partial charge in [-0.05, 0) is 26.0 Å². The first-order valence-corrected chi connectivity index (χ1v) is 12.8. The largest absolute Gasteiger partial charge is 0.456 e. The Morgan fingerprint density at radius 1 is 1.05 bits per heavy atom. The van der Waals surface area contributed by atoms with Gasteiger partial charge in [0.2, 0.25) is 11.9 Å². The van der Waals surface area contributed by atoms with E-state index >= 15 is 0 Å². The van der Waals surface area contributed by atoms with Crippen LogP contribution in [0.3, 0.4) is 0 Å². The van der Waals surface area contributed by atoms with E-state index < -0.39 is 93.8 Å². The van der Waals surface area contributed by atoms with E-state index in [0.717, 1.165) is 0 Å². The quantitative estimate of drug-likeness (QED) is 0.188. The van der Waals surface area contributed by atoms with Gasteiger partial charge in [0, 0.05) is 18.1 Å². The van der Waals surface area contributed by atoms with Crippen molar-refractivity contribution in [1.29, 1.82) is 0 Å². The van der Waals surface area contributed by atoms with Gasteiger partial charge in [-0.2, -0.15) is 0 Å². The van der Waals surface area contributed by atoms with Crippen molar-refractivity contribution in [1.82, 2.24) is 0 Å². The number of hydrogen-bond acceptors (Lipinski definition) is 13. The summed E-state index contributed by atoms with van der Waals surface area (Å²) in [7, 11) is 0. The van der Waals surface area contributed by atoms with Gasteiger partial charge in [0.15, 0.2) is 23.9 Å². The third kappa shape index (κ3) is 2.27. The van der Waals surface area contributed by atoms with Crippen LogP contribution >= 0.6 is 12.2 Å². The van der Waals surface area contributed by atoms with Crippen molar-refractivity contribution in [3.05, 3.63) is 42.5 Å². The maximum Gasteiger partial charge on any atom is 0.358 e. The fourth-order valence-electron chi connectivity index (χ4n) is 8.57. The summed E-state index contributed by atoms with van der Waals surface area (Å²) in [6.07, 6.45) is -9.85. The fraction of sp³-hybridized carbons (Fsp3) is 0.538. The van der Waals surface area contributed by atoms with Crippen LogP contribution in [0.4, 0.5) is 0 Å². The first-order chi connectivity index (χ1) is 18.4. The summed E-state index contributed by atoms with van der Waals surface area (Å²) in [5, 5.41) is 35.0. The number of ether oxygens (including phenoxy) is 6. The highest BCUT2D eigenvalue weighted by atomic mass is 32.1. The summed E-state index contributed by atoms with van der Waals surface area (Å²) < 4.78 is 34.8. The zero-order valence-electron chi connectivity index (χ0n) is 20.6. The predicted octanol–water partition coefficient (Wildman–Crippen LogP) is -0.481. The molecule has 2 saturated carbocycles. The molecule has 6 fully saturated rings. The average molecular weight is 561 g/mol. The normalized spacial score (nSPS) is 49.9. The number of carbonyl (C=O) groups is 3. The molecule has 0 bridgehead atoms. The van der Waals surface area contributed by atoms with E-state index in [-0.39, 0.29) is 0 Å². The molecule has 4 heterocycles. The third-order valence-corrected chi connectivity index (χ3v) is 9.86. The van der Waals surface area contributed by atoms with Gasteiger partial charge in [-0.25, -0.2) is 9.59 Å². The third-order valence-electron chi connectivity index (χ3n) is 9.69. The minimum Gasteiger partial charge on any atom is -0.456 e. The molecule has 7 rings (SSSR count). The van der Waals surface area contributed by atoms with Crippen LogP contribution < -0.4 is 4.74 Å². The van der Waals surface area contributed by atoms with Crippen LogP contribution in [-0.4, -0.2) is 86.5 Å². The molecule has 12 nitrogen and oxygen atoms in total. The number of esters is 3. The number of para-hydroxylation sites is 1. The van der Waals surface area contributed by atoms with Gasteiger partial charge in [-0.3, -0.25) is 4.79 Å². The molecule has 39 heavy (non-hydrogen) atoms. The number of hydrogen-bond donors (Lipinski definition) is 3. The predicted molar refractivity (Wildman–Crippen MR) is 127 cm³/mol. The lowest BCUT2D eigenvalue weighted by molar-refractivity contribution is -0.238. The molecular weight excluding hydrogens is 536 g/mol. The van der Waals surface area contributed by atoms with E-state index in [1.54, 1.807) is 37.3 Å². The zero-order chi connectivity index (χ0) is 27.9. The number of fused-ring (bicyclic) bond motifs is 1. The van der Waals surface area contributed by atoms with Crippen LogP contribution in [0, 0.1) is 22.7 Å². The smallest absolute Gasteiger partial charge is 0.358 e. The number of aliphatic hydroxyl groups excluding tert-OH is 2. The maximum absolute atomic E-state index is 13.9. The molecule has 206 valence electrons. The van der Waals surface area contributed by atoms with E-state index in [1.165, 1.54) is 6.92 Å². The van der Waals surface area contributed by atoms with Crippen molar-refractivity contribution in [2.24, 2.45) is 22.7 Å². The molecule has 0 radical (unpaired) electrons. The molecule has 4 saturated heterocycles. The first kappa shape index (κ1) is 24.9. The van der Waals surface area contributed by atoms with Gasteiger partial charge < -0.3 is 43.7 Å². The summed E-state index contributed by atoms with van der Waals surface area (Å²) in [5.74, 6) is -5.23. The maximum atomic E-state index is 13.9. The summed E-state index contributed by atoms with van der Waals surface area (Å²) in [6, 6.07) is 8.36. The second kappa shape index (κ2) is 7.34. The molecule has 3 N–H and O–H groups in total. The number of rotatable bonds is 3. The molecule has 6 aliphatic rings. The number of carbonyl (C=O) groups excluding carboxylic acids is 3. The molecule has 13 heteroatoms. The highest BCUT2D eigenvalue weighted by molar-refractivity contribution is 7.79. The molecule has 4 aliphatic heterocycles. The van der Waals surface area contributed by atoms with Gasteiger partial charge in [-0.1, -0.05) is 30.4 Å². The Labute approximate surface area is 226 Å². The van der Waals surface area contributed by atoms with Crippen molar-refractivity contribution in [3.63, 3.8) is 0 Å². The SMILES string of the molecule is C=C(C)[C@@H]1[C@@H](O)C2OC(=O)C34OC5OC(=O)[C@H](O)C51C23[C@@H](OC(=S)Oc1ccccc1)C1OC(=O)[C@@H](C)[C@@]14O. The van der Waals surface area contributed by atoms with Crippen molar-refractivity contribution in [2.45, 2.75) is 61.9 Å². The molecule has 6 unspecified atom stereocenters. The van der Waals surface area contributed by atoms with Crippen molar-refractivity contribution >= 4 is 35.4 Å². The Balaban J connectivity index is 1.49. The molecule has 0 aromatic heterocycles. The van der Waals surface area contributed by atoms with Crippen LogP contribution in [0.25, 0.3) is 0 Å². The lowest BCUT2D eigenvalue weighted by Crippen LogP contribution is -2.67. The van der Waals surface area contributed by atoms with Gasteiger partial charge in [-0.15, -0.1) is 0 Å².